The van der Waals surface area contributed by atoms with Crippen molar-refractivity contribution in [3.63, 3.8) is 0 Å². The Bertz CT molecular complexity index is 444. The normalized spacial score (nSPS) is 26.8. The van der Waals surface area contributed by atoms with Crippen molar-refractivity contribution in [2.24, 2.45) is 11.8 Å². The highest BCUT2D eigenvalue weighted by molar-refractivity contribution is 9.10. The van der Waals surface area contributed by atoms with Crippen LogP contribution in [0.3, 0.4) is 0 Å². The maximum absolute atomic E-state index is 13.2. The van der Waals surface area contributed by atoms with Crippen LogP contribution in [0.2, 0.25) is 0 Å². The second-order valence-corrected chi connectivity index (χ2v) is 6.94. The lowest BCUT2D eigenvalue weighted by atomic mass is 9.89. The van der Waals surface area contributed by atoms with Crippen molar-refractivity contribution in [2.45, 2.75) is 44.6 Å². The van der Waals surface area contributed by atoms with E-state index in [0.29, 0.717) is 4.47 Å². The Balaban J connectivity index is 1.58. The third-order valence-corrected chi connectivity index (χ3v) is 5.15. The third-order valence-electron chi connectivity index (χ3n) is 4.54. The fourth-order valence-electron chi connectivity index (χ4n) is 3.23. The summed E-state index contributed by atoms with van der Waals surface area (Å²) >= 11 is 3.28. The molecule has 0 spiro atoms. The molecular formula is C16H21BrFN. The molecule has 2 aliphatic rings. The molecule has 2 saturated carbocycles. The highest BCUT2D eigenvalue weighted by Gasteiger charge is 2.29. The van der Waals surface area contributed by atoms with Gasteiger partial charge in [-0.3, -0.25) is 0 Å². The first-order valence-electron chi connectivity index (χ1n) is 7.39. The monoisotopic (exact) mass is 325 g/mol. The quantitative estimate of drug-likeness (QED) is 0.851. The van der Waals surface area contributed by atoms with Crippen molar-refractivity contribution >= 4 is 15.9 Å². The summed E-state index contributed by atoms with van der Waals surface area (Å²) in [6.07, 6.45) is 7.85. The Labute approximate surface area is 123 Å². The topological polar surface area (TPSA) is 12.0 Å². The average molecular weight is 326 g/mol. The highest BCUT2D eigenvalue weighted by Crippen LogP contribution is 2.35. The minimum absolute atomic E-state index is 0.165. The van der Waals surface area contributed by atoms with Gasteiger partial charge in [0.1, 0.15) is 5.82 Å². The molecule has 1 nitrogen and oxygen atoms in total. The lowest BCUT2D eigenvalue weighted by Gasteiger charge is -2.20. The van der Waals surface area contributed by atoms with E-state index in [1.807, 2.05) is 12.1 Å². The van der Waals surface area contributed by atoms with Crippen LogP contribution < -0.4 is 5.32 Å². The van der Waals surface area contributed by atoms with Gasteiger partial charge in [-0.15, -0.1) is 0 Å². The van der Waals surface area contributed by atoms with Gasteiger partial charge in [-0.1, -0.05) is 12.5 Å². The molecule has 0 aliphatic heterocycles. The number of halogens is 2. The molecule has 2 atom stereocenters. The van der Waals surface area contributed by atoms with E-state index in [1.165, 1.54) is 44.2 Å². The van der Waals surface area contributed by atoms with Crippen molar-refractivity contribution < 1.29 is 4.39 Å². The molecule has 0 bridgehead atoms. The lowest BCUT2D eigenvalue weighted by Crippen LogP contribution is -2.27. The predicted molar refractivity (Wildman–Crippen MR) is 79.7 cm³/mol. The van der Waals surface area contributed by atoms with E-state index in [0.717, 1.165) is 24.3 Å². The SMILES string of the molecule is Fc1ccc(CC2CCCC2CNC2CC2)cc1Br. The second kappa shape index (κ2) is 5.92. The smallest absolute Gasteiger partial charge is 0.137 e. The van der Waals surface area contributed by atoms with Gasteiger partial charge in [-0.2, -0.15) is 0 Å². The van der Waals surface area contributed by atoms with Crippen LogP contribution in [-0.4, -0.2) is 12.6 Å². The molecule has 0 aromatic heterocycles. The van der Waals surface area contributed by atoms with Crippen molar-refractivity contribution in [1.29, 1.82) is 0 Å². The van der Waals surface area contributed by atoms with E-state index >= 15 is 0 Å². The Morgan fingerprint density at radius 3 is 2.68 bits per heavy atom. The minimum Gasteiger partial charge on any atom is -0.314 e. The Kier molecular flexibility index (Phi) is 4.23. The van der Waals surface area contributed by atoms with Crippen LogP contribution in [-0.2, 0) is 6.42 Å². The Morgan fingerprint density at radius 2 is 1.95 bits per heavy atom. The van der Waals surface area contributed by atoms with E-state index in [9.17, 15) is 4.39 Å². The van der Waals surface area contributed by atoms with Gasteiger partial charge < -0.3 is 5.32 Å². The van der Waals surface area contributed by atoms with Crippen molar-refractivity contribution in [3.8, 4) is 0 Å². The fourth-order valence-corrected chi connectivity index (χ4v) is 3.65. The van der Waals surface area contributed by atoms with Crippen molar-refractivity contribution in [2.75, 3.05) is 6.54 Å². The molecule has 1 N–H and O–H groups in total. The zero-order valence-corrected chi connectivity index (χ0v) is 12.8. The summed E-state index contributed by atoms with van der Waals surface area (Å²) in [5, 5.41) is 3.67. The van der Waals surface area contributed by atoms with Gasteiger partial charge >= 0.3 is 0 Å². The summed E-state index contributed by atoms with van der Waals surface area (Å²) < 4.78 is 13.8. The van der Waals surface area contributed by atoms with Gasteiger partial charge in [-0.25, -0.2) is 4.39 Å². The largest absolute Gasteiger partial charge is 0.314 e. The maximum Gasteiger partial charge on any atom is 0.137 e. The number of rotatable bonds is 5. The second-order valence-electron chi connectivity index (χ2n) is 6.09. The van der Waals surface area contributed by atoms with Gasteiger partial charge in [0.05, 0.1) is 4.47 Å². The zero-order valence-electron chi connectivity index (χ0n) is 11.2. The number of hydrogen-bond donors (Lipinski definition) is 1. The van der Waals surface area contributed by atoms with Crippen molar-refractivity contribution in [3.05, 3.63) is 34.1 Å². The molecule has 104 valence electrons. The molecule has 3 heteroatoms. The van der Waals surface area contributed by atoms with E-state index in [1.54, 1.807) is 6.07 Å². The molecular weight excluding hydrogens is 305 g/mol. The predicted octanol–water partition coefficient (Wildman–Crippen LogP) is 4.30. The molecule has 19 heavy (non-hydrogen) atoms. The van der Waals surface area contributed by atoms with Crippen LogP contribution in [0.1, 0.15) is 37.7 Å². The molecule has 0 heterocycles. The van der Waals surface area contributed by atoms with Crippen LogP contribution in [0, 0.1) is 17.7 Å². The van der Waals surface area contributed by atoms with E-state index in [-0.39, 0.29) is 5.82 Å². The first kappa shape index (κ1) is 13.6. The minimum atomic E-state index is -0.165. The van der Waals surface area contributed by atoms with Gasteiger partial charge in [0.15, 0.2) is 0 Å². The summed E-state index contributed by atoms with van der Waals surface area (Å²) in [5.74, 6) is 1.41. The lowest BCUT2D eigenvalue weighted by molar-refractivity contribution is 0.364. The molecule has 2 aliphatic carbocycles. The molecule has 1 aromatic carbocycles. The van der Waals surface area contributed by atoms with E-state index in [2.05, 4.69) is 21.2 Å². The average Bonchev–Trinajstić information content (AvgIpc) is 3.12. The Morgan fingerprint density at radius 1 is 1.16 bits per heavy atom. The number of hydrogen-bond acceptors (Lipinski definition) is 1. The standard InChI is InChI=1S/C16H21BrFN/c17-15-9-11(4-7-16(15)18)8-12-2-1-3-13(12)10-19-14-5-6-14/h4,7,9,12-14,19H,1-3,5-6,8,10H2. The van der Waals surface area contributed by atoms with Gasteiger partial charge in [-0.05, 0) is 84.1 Å². The summed E-state index contributed by atoms with van der Waals surface area (Å²) in [4.78, 5) is 0. The number of nitrogens with one attached hydrogen (secondary N) is 1. The third kappa shape index (κ3) is 3.57. The summed E-state index contributed by atoms with van der Waals surface area (Å²) in [7, 11) is 0. The van der Waals surface area contributed by atoms with Crippen LogP contribution in [0.4, 0.5) is 4.39 Å². The van der Waals surface area contributed by atoms with Gasteiger partial charge in [0, 0.05) is 6.04 Å². The van der Waals surface area contributed by atoms with Crippen LogP contribution in [0.5, 0.6) is 0 Å². The zero-order chi connectivity index (χ0) is 13.2. The first-order valence-corrected chi connectivity index (χ1v) is 8.19. The molecule has 2 fully saturated rings. The molecule has 1 aromatic rings. The van der Waals surface area contributed by atoms with Crippen molar-refractivity contribution in [1.82, 2.24) is 5.32 Å². The van der Waals surface area contributed by atoms with E-state index in [4.69, 9.17) is 0 Å². The highest BCUT2D eigenvalue weighted by atomic mass is 79.9. The Hall–Kier alpha value is -0.410. The summed E-state index contributed by atoms with van der Waals surface area (Å²) in [6, 6.07) is 6.26. The van der Waals surface area contributed by atoms with Gasteiger partial charge in [0.25, 0.3) is 0 Å². The van der Waals surface area contributed by atoms with Gasteiger partial charge in [0.2, 0.25) is 0 Å². The molecule has 3 rings (SSSR count). The fraction of sp³-hybridized carbons (Fsp3) is 0.625. The molecule has 2 unspecified atom stereocenters. The number of benzene rings is 1. The van der Waals surface area contributed by atoms with Crippen LogP contribution in [0.25, 0.3) is 0 Å². The first-order chi connectivity index (χ1) is 9.22. The summed E-state index contributed by atoms with van der Waals surface area (Å²) in [6.45, 7) is 1.18. The van der Waals surface area contributed by atoms with Crippen LogP contribution >= 0.6 is 15.9 Å². The molecule has 0 amide bonds. The summed E-state index contributed by atoms with van der Waals surface area (Å²) in [5.41, 5.74) is 1.26. The molecule has 0 saturated heterocycles. The molecule has 0 radical (unpaired) electrons. The maximum atomic E-state index is 13.2. The van der Waals surface area contributed by atoms with E-state index < -0.39 is 0 Å². The van der Waals surface area contributed by atoms with Crippen LogP contribution in [0.15, 0.2) is 22.7 Å².